The zero-order valence-corrected chi connectivity index (χ0v) is 25.4. The minimum absolute atomic E-state index is 0.00467. The quantitative estimate of drug-likeness (QED) is 0.230. The summed E-state index contributed by atoms with van der Waals surface area (Å²) in [5.41, 5.74) is 6.09. The Balaban J connectivity index is 1.13. The number of thiophene rings is 1. The largest absolute Gasteiger partial charge is 0.370 e. The number of hydrogen-bond donors (Lipinski definition) is 2. The molecule has 5 heterocycles. The number of rotatable bonds is 5. The Morgan fingerprint density at radius 1 is 1.10 bits per heavy atom. The van der Waals surface area contributed by atoms with Gasteiger partial charge in [0.25, 0.3) is 0 Å². The van der Waals surface area contributed by atoms with Gasteiger partial charge in [0.2, 0.25) is 5.91 Å². The lowest BCUT2D eigenvalue weighted by Crippen LogP contribution is -2.23. The standard InChI is InChI=1S/C32H34BrN5OS/c1-20-27-15-22(25-8-7-24-14-26(33)18-37-32(24)36-17-25)9-10-28(27)40-29(20)19-38(2)30(39)11-6-21-13-23-5-3-4-12-34-31(23)35-16-21/h6,9-11,13-16,18,25H,3-5,7-8,12,17,19H2,1-2H3,(H,34,35)(H,36,37)/b11-6+. The van der Waals surface area contributed by atoms with Gasteiger partial charge in [0, 0.05) is 58.6 Å². The molecule has 40 heavy (non-hydrogen) atoms. The number of likely N-dealkylation sites (N-methyl/N-ethyl adjacent to an activating group) is 1. The van der Waals surface area contributed by atoms with E-state index in [0.717, 1.165) is 66.9 Å². The molecule has 4 aromatic rings. The smallest absolute Gasteiger partial charge is 0.246 e. The van der Waals surface area contributed by atoms with E-state index in [2.05, 4.69) is 73.8 Å². The number of amides is 1. The normalized spacial score (nSPS) is 16.9. The van der Waals surface area contributed by atoms with Gasteiger partial charge in [-0.25, -0.2) is 9.97 Å². The van der Waals surface area contributed by atoms with Gasteiger partial charge in [0.15, 0.2) is 0 Å². The molecular formula is C32H34BrN5OS. The third kappa shape index (κ3) is 5.79. The fraction of sp³-hybridized carbons (Fsp3) is 0.344. The lowest BCUT2D eigenvalue weighted by Gasteiger charge is -2.15. The summed E-state index contributed by atoms with van der Waals surface area (Å²) < 4.78 is 2.30. The van der Waals surface area contributed by atoms with Crippen molar-refractivity contribution in [1.82, 2.24) is 14.9 Å². The minimum Gasteiger partial charge on any atom is -0.370 e. The van der Waals surface area contributed by atoms with Crippen molar-refractivity contribution in [2.75, 3.05) is 30.8 Å². The third-order valence-corrected chi connectivity index (χ3v) is 9.76. The molecule has 0 bridgehead atoms. The molecule has 0 saturated heterocycles. The molecule has 0 fully saturated rings. The van der Waals surface area contributed by atoms with Crippen molar-refractivity contribution in [3.8, 4) is 0 Å². The molecule has 0 spiro atoms. The Morgan fingerprint density at radius 2 is 1.93 bits per heavy atom. The monoisotopic (exact) mass is 615 g/mol. The van der Waals surface area contributed by atoms with Crippen molar-refractivity contribution in [3.63, 3.8) is 0 Å². The van der Waals surface area contributed by atoms with E-state index in [0.29, 0.717) is 12.5 Å². The molecule has 1 aromatic carbocycles. The number of aromatic nitrogens is 2. The number of nitrogens with one attached hydrogen (secondary N) is 2. The molecule has 2 aliphatic heterocycles. The maximum Gasteiger partial charge on any atom is 0.246 e. The molecule has 0 radical (unpaired) electrons. The van der Waals surface area contributed by atoms with Crippen LogP contribution in [0.2, 0.25) is 0 Å². The fourth-order valence-corrected chi connectivity index (χ4v) is 7.29. The first-order valence-electron chi connectivity index (χ1n) is 14.0. The van der Waals surface area contributed by atoms with Gasteiger partial charge in [-0.05, 0) is 119 Å². The van der Waals surface area contributed by atoms with Crippen LogP contribution in [0, 0.1) is 6.92 Å². The molecule has 2 aliphatic rings. The number of anilines is 2. The van der Waals surface area contributed by atoms with Crippen molar-refractivity contribution in [3.05, 3.63) is 86.0 Å². The Hall–Kier alpha value is -3.23. The second-order valence-corrected chi connectivity index (χ2v) is 12.9. The molecule has 0 aliphatic carbocycles. The first kappa shape index (κ1) is 27.0. The van der Waals surface area contributed by atoms with Crippen LogP contribution in [-0.4, -0.2) is 40.9 Å². The van der Waals surface area contributed by atoms with Gasteiger partial charge in [-0.1, -0.05) is 6.07 Å². The van der Waals surface area contributed by atoms with Gasteiger partial charge in [-0.2, -0.15) is 0 Å². The molecule has 1 amide bonds. The van der Waals surface area contributed by atoms with Gasteiger partial charge < -0.3 is 15.5 Å². The zero-order chi connectivity index (χ0) is 27.6. The summed E-state index contributed by atoms with van der Waals surface area (Å²) in [6.45, 7) is 4.63. The second kappa shape index (κ2) is 11.7. The summed E-state index contributed by atoms with van der Waals surface area (Å²) in [5.74, 6) is 2.40. The van der Waals surface area contributed by atoms with Crippen molar-refractivity contribution in [2.24, 2.45) is 0 Å². The average Bonchev–Trinajstić information content (AvgIpc) is 3.14. The Bertz CT molecular complexity index is 1600. The topological polar surface area (TPSA) is 70.2 Å². The van der Waals surface area contributed by atoms with Gasteiger partial charge >= 0.3 is 0 Å². The average molecular weight is 617 g/mol. The van der Waals surface area contributed by atoms with Crippen LogP contribution in [0.15, 0.2) is 53.3 Å². The van der Waals surface area contributed by atoms with E-state index in [1.54, 1.807) is 22.3 Å². The highest BCUT2D eigenvalue weighted by molar-refractivity contribution is 9.10. The van der Waals surface area contributed by atoms with Gasteiger partial charge in [0.1, 0.15) is 11.6 Å². The van der Waals surface area contributed by atoms with Crippen LogP contribution >= 0.6 is 27.3 Å². The third-order valence-electron chi connectivity index (χ3n) is 8.07. The number of fused-ring (bicyclic) bond motifs is 3. The highest BCUT2D eigenvalue weighted by Crippen LogP contribution is 2.36. The Labute approximate surface area is 248 Å². The van der Waals surface area contributed by atoms with Crippen LogP contribution in [0.1, 0.15) is 57.9 Å². The number of aryl methyl sites for hydroxylation is 3. The van der Waals surface area contributed by atoms with Crippen molar-refractivity contribution in [2.45, 2.75) is 51.5 Å². The van der Waals surface area contributed by atoms with E-state index < -0.39 is 0 Å². The van der Waals surface area contributed by atoms with Crippen molar-refractivity contribution >= 4 is 61.0 Å². The summed E-state index contributed by atoms with van der Waals surface area (Å²) in [6, 6.07) is 11.2. The van der Waals surface area contributed by atoms with Gasteiger partial charge in [0.05, 0.1) is 6.54 Å². The van der Waals surface area contributed by atoms with E-state index in [1.807, 2.05) is 25.5 Å². The molecular weight excluding hydrogens is 582 g/mol. The van der Waals surface area contributed by atoms with Crippen molar-refractivity contribution in [1.29, 1.82) is 0 Å². The van der Waals surface area contributed by atoms with Crippen LogP contribution in [0.4, 0.5) is 11.6 Å². The SMILES string of the molecule is Cc1c(CN(C)C(=O)/C=C/c2cnc3c(c2)CCCCN3)sc2ccc(C3CCc4cc(Br)cnc4NC3)cc12. The number of carbonyl (C=O) groups excluding carboxylic acids is 1. The number of nitrogens with zero attached hydrogens (tertiary/aromatic N) is 3. The van der Waals surface area contributed by atoms with Crippen LogP contribution in [0.5, 0.6) is 0 Å². The van der Waals surface area contributed by atoms with E-state index in [4.69, 9.17) is 0 Å². The van der Waals surface area contributed by atoms with Crippen LogP contribution in [0.25, 0.3) is 16.2 Å². The van der Waals surface area contributed by atoms with E-state index in [9.17, 15) is 4.79 Å². The summed E-state index contributed by atoms with van der Waals surface area (Å²) >= 11 is 5.34. The molecule has 2 N–H and O–H groups in total. The van der Waals surface area contributed by atoms with Crippen LogP contribution in [-0.2, 0) is 24.2 Å². The van der Waals surface area contributed by atoms with Gasteiger partial charge in [-0.15, -0.1) is 11.3 Å². The fourth-order valence-electron chi connectivity index (χ4n) is 5.67. The van der Waals surface area contributed by atoms with Crippen LogP contribution < -0.4 is 10.6 Å². The first-order valence-corrected chi connectivity index (χ1v) is 15.6. The minimum atomic E-state index is -0.00467. The maximum atomic E-state index is 13.0. The number of carbonyl (C=O) groups is 1. The van der Waals surface area contributed by atoms with E-state index in [-0.39, 0.29) is 5.91 Å². The van der Waals surface area contributed by atoms with Gasteiger partial charge in [-0.3, -0.25) is 4.79 Å². The van der Waals surface area contributed by atoms with E-state index in [1.165, 1.54) is 37.2 Å². The summed E-state index contributed by atoms with van der Waals surface area (Å²) in [4.78, 5) is 25.2. The molecule has 1 unspecified atom stereocenters. The summed E-state index contributed by atoms with van der Waals surface area (Å²) in [6.07, 6.45) is 12.7. The molecule has 8 heteroatoms. The molecule has 1 atom stereocenters. The highest BCUT2D eigenvalue weighted by Gasteiger charge is 2.20. The molecule has 6 rings (SSSR count). The summed E-state index contributed by atoms with van der Waals surface area (Å²) in [7, 11) is 1.88. The Morgan fingerprint density at radius 3 is 2.83 bits per heavy atom. The molecule has 0 saturated carbocycles. The predicted octanol–water partition coefficient (Wildman–Crippen LogP) is 7.32. The predicted molar refractivity (Wildman–Crippen MR) is 169 cm³/mol. The number of halogens is 1. The molecule has 206 valence electrons. The van der Waals surface area contributed by atoms with Crippen molar-refractivity contribution < 1.29 is 4.79 Å². The second-order valence-electron chi connectivity index (χ2n) is 10.9. The Kier molecular flexibility index (Phi) is 7.89. The lowest BCUT2D eigenvalue weighted by atomic mass is 9.92. The number of benzene rings is 1. The lowest BCUT2D eigenvalue weighted by molar-refractivity contribution is -0.125. The molecule has 6 nitrogen and oxygen atoms in total. The highest BCUT2D eigenvalue weighted by atomic mass is 79.9. The number of pyridine rings is 2. The van der Waals surface area contributed by atoms with Crippen LogP contribution in [0.3, 0.4) is 0 Å². The summed E-state index contributed by atoms with van der Waals surface area (Å²) in [5, 5.41) is 8.25. The molecule has 3 aromatic heterocycles. The first-order chi connectivity index (χ1) is 19.4. The maximum absolute atomic E-state index is 13.0. The number of hydrogen-bond acceptors (Lipinski definition) is 6. The zero-order valence-electron chi connectivity index (χ0n) is 23.0. The van der Waals surface area contributed by atoms with E-state index >= 15 is 0 Å².